The van der Waals surface area contributed by atoms with Crippen LogP contribution in [-0.2, 0) is 11.2 Å². The minimum absolute atomic E-state index is 0.0309. The first kappa shape index (κ1) is 15.2. The second-order valence-corrected chi connectivity index (χ2v) is 5.75. The Morgan fingerprint density at radius 1 is 1.32 bits per heavy atom. The topological polar surface area (TPSA) is 65.6 Å². The lowest BCUT2D eigenvalue weighted by Crippen LogP contribution is -2.38. The van der Waals surface area contributed by atoms with E-state index in [0.717, 1.165) is 48.3 Å². The summed E-state index contributed by atoms with van der Waals surface area (Å²) in [5, 5.41) is 11.4. The van der Waals surface area contributed by atoms with E-state index in [1.807, 2.05) is 31.2 Å². The molecule has 1 aromatic heterocycles. The van der Waals surface area contributed by atoms with Gasteiger partial charge in [-0.25, -0.2) is 0 Å². The van der Waals surface area contributed by atoms with Crippen LogP contribution < -0.4 is 5.56 Å². The molecule has 2 heterocycles. The predicted molar refractivity (Wildman–Crippen MR) is 86.2 cm³/mol. The molecule has 0 radical (unpaired) electrons. The van der Waals surface area contributed by atoms with Gasteiger partial charge in [-0.15, -0.1) is 0 Å². The Bertz CT molecular complexity index is 705. The van der Waals surface area contributed by atoms with Crippen molar-refractivity contribution in [3.05, 3.63) is 45.7 Å². The summed E-state index contributed by atoms with van der Waals surface area (Å²) in [7, 11) is 0. The molecule has 1 unspecified atom stereocenters. The fraction of sp³-hybridized carbons (Fsp3) is 0.471. The molecular weight excluding hydrogens is 280 g/mol. The minimum atomic E-state index is -0.528. The standard InChI is InChI=1S/C17H22N2O3/c1-2-12-9-14-10-13(3-4-15(14)18-17(12)21)16(20)11-19-5-7-22-8-6-19/h3-4,9-10,16,20H,2,5-8,11H2,1H3,(H,18,21). The highest BCUT2D eigenvalue weighted by atomic mass is 16.5. The Labute approximate surface area is 129 Å². The van der Waals surface area contributed by atoms with E-state index < -0.39 is 6.10 Å². The number of morpholine rings is 1. The molecule has 1 aliphatic rings. The smallest absolute Gasteiger partial charge is 0.251 e. The molecular formula is C17H22N2O3. The number of β-amino-alcohol motifs (C(OH)–C–C–N with tert-alkyl or cyclic N) is 1. The molecule has 0 aliphatic carbocycles. The van der Waals surface area contributed by atoms with Crippen LogP contribution in [0, 0.1) is 0 Å². The fourth-order valence-electron chi connectivity index (χ4n) is 2.87. The molecule has 1 saturated heterocycles. The number of ether oxygens (including phenoxy) is 1. The molecule has 1 fully saturated rings. The Balaban J connectivity index is 1.83. The van der Waals surface area contributed by atoms with Gasteiger partial charge in [0, 0.05) is 30.7 Å². The zero-order valence-electron chi connectivity index (χ0n) is 12.8. The molecule has 22 heavy (non-hydrogen) atoms. The first-order chi connectivity index (χ1) is 10.7. The molecule has 0 bridgehead atoms. The van der Waals surface area contributed by atoms with Crippen LogP contribution in [0.2, 0.25) is 0 Å². The number of benzene rings is 1. The molecule has 0 amide bonds. The van der Waals surface area contributed by atoms with Gasteiger partial charge in [0.1, 0.15) is 0 Å². The van der Waals surface area contributed by atoms with Gasteiger partial charge in [0.25, 0.3) is 5.56 Å². The van der Waals surface area contributed by atoms with Gasteiger partial charge < -0.3 is 14.8 Å². The molecule has 118 valence electrons. The number of H-pyrrole nitrogens is 1. The highest BCUT2D eigenvalue weighted by Gasteiger charge is 2.16. The second-order valence-electron chi connectivity index (χ2n) is 5.75. The number of hydrogen-bond donors (Lipinski definition) is 2. The van der Waals surface area contributed by atoms with Crippen LogP contribution >= 0.6 is 0 Å². The van der Waals surface area contributed by atoms with E-state index in [-0.39, 0.29) is 5.56 Å². The number of aromatic nitrogens is 1. The predicted octanol–water partition coefficient (Wildman–Crippen LogP) is 1.46. The van der Waals surface area contributed by atoms with Crippen molar-refractivity contribution in [3.8, 4) is 0 Å². The molecule has 2 aromatic rings. The highest BCUT2D eigenvalue weighted by molar-refractivity contribution is 5.79. The van der Waals surface area contributed by atoms with Crippen molar-refractivity contribution < 1.29 is 9.84 Å². The summed E-state index contributed by atoms with van der Waals surface area (Å²) in [5.74, 6) is 0. The number of nitrogens with one attached hydrogen (secondary N) is 1. The maximum absolute atomic E-state index is 11.8. The van der Waals surface area contributed by atoms with E-state index in [4.69, 9.17) is 4.74 Å². The van der Waals surface area contributed by atoms with Crippen LogP contribution in [0.3, 0.4) is 0 Å². The van der Waals surface area contributed by atoms with Crippen molar-refractivity contribution in [2.45, 2.75) is 19.4 Å². The van der Waals surface area contributed by atoms with E-state index >= 15 is 0 Å². The van der Waals surface area contributed by atoms with Gasteiger partial charge in [-0.2, -0.15) is 0 Å². The number of hydrogen-bond acceptors (Lipinski definition) is 4. The summed E-state index contributed by atoms with van der Waals surface area (Å²) < 4.78 is 5.32. The highest BCUT2D eigenvalue weighted by Crippen LogP contribution is 2.20. The summed E-state index contributed by atoms with van der Waals surface area (Å²) in [6, 6.07) is 7.64. The third-order valence-electron chi connectivity index (χ3n) is 4.25. The quantitative estimate of drug-likeness (QED) is 0.897. The van der Waals surface area contributed by atoms with Crippen molar-refractivity contribution in [2.75, 3.05) is 32.8 Å². The molecule has 5 heteroatoms. The monoisotopic (exact) mass is 302 g/mol. The SMILES string of the molecule is CCc1cc2cc(C(O)CN3CCOCC3)ccc2[nH]c1=O. The van der Waals surface area contributed by atoms with Gasteiger partial charge in [0.15, 0.2) is 0 Å². The maximum atomic E-state index is 11.8. The summed E-state index contributed by atoms with van der Waals surface area (Å²) >= 11 is 0. The van der Waals surface area contributed by atoms with Crippen molar-refractivity contribution in [1.29, 1.82) is 0 Å². The van der Waals surface area contributed by atoms with Gasteiger partial charge in [0.2, 0.25) is 0 Å². The van der Waals surface area contributed by atoms with Crippen LogP contribution in [0.25, 0.3) is 10.9 Å². The maximum Gasteiger partial charge on any atom is 0.251 e. The van der Waals surface area contributed by atoms with Crippen LogP contribution in [-0.4, -0.2) is 47.8 Å². The Hall–Kier alpha value is -1.69. The number of rotatable bonds is 4. The number of aliphatic hydroxyl groups excluding tert-OH is 1. The van der Waals surface area contributed by atoms with Gasteiger partial charge in [-0.1, -0.05) is 13.0 Å². The van der Waals surface area contributed by atoms with Crippen LogP contribution in [0.15, 0.2) is 29.1 Å². The van der Waals surface area contributed by atoms with Crippen molar-refractivity contribution in [2.24, 2.45) is 0 Å². The molecule has 3 rings (SSSR count). The summed E-state index contributed by atoms with van der Waals surface area (Å²) in [5.41, 5.74) is 2.43. The first-order valence-corrected chi connectivity index (χ1v) is 7.81. The van der Waals surface area contributed by atoms with Crippen molar-refractivity contribution >= 4 is 10.9 Å². The average Bonchev–Trinajstić information content (AvgIpc) is 2.54. The molecule has 2 N–H and O–H groups in total. The first-order valence-electron chi connectivity index (χ1n) is 7.81. The second kappa shape index (κ2) is 6.60. The number of aryl methyl sites for hydroxylation is 1. The lowest BCUT2D eigenvalue weighted by molar-refractivity contribution is 0.0143. The van der Waals surface area contributed by atoms with Crippen LogP contribution in [0.5, 0.6) is 0 Å². The summed E-state index contributed by atoms with van der Waals surface area (Å²) in [4.78, 5) is 16.9. The van der Waals surface area contributed by atoms with Gasteiger partial charge >= 0.3 is 0 Å². The normalized spacial score (nSPS) is 17.7. The zero-order valence-corrected chi connectivity index (χ0v) is 12.8. The Kier molecular flexibility index (Phi) is 4.57. The number of nitrogens with zero attached hydrogens (tertiary/aromatic N) is 1. The van der Waals surface area contributed by atoms with Crippen LogP contribution in [0.4, 0.5) is 0 Å². The molecule has 1 aromatic carbocycles. The number of fused-ring (bicyclic) bond motifs is 1. The molecule has 0 spiro atoms. The number of aliphatic hydroxyl groups is 1. The third kappa shape index (κ3) is 3.21. The summed E-state index contributed by atoms with van der Waals surface area (Å²) in [6.07, 6.45) is 0.172. The Morgan fingerprint density at radius 2 is 2.09 bits per heavy atom. The van der Waals surface area contributed by atoms with E-state index in [1.54, 1.807) is 0 Å². The van der Waals surface area contributed by atoms with E-state index in [9.17, 15) is 9.90 Å². The lowest BCUT2D eigenvalue weighted by atomic mass is 10.0. The Morgan fingerprint density at radius 3 is 2.82 bits per heavy atom. The lowest BCUT2D eigenvalue weighted by Gasteiger charge is -2.28. The van der Waals surface area contributed by atoms with E-state index in [1.165, 1.54) is 0 Å². The van der Waals surface area contributed by atoms with Crippen molar-refractivity contribution in [1.82, 2.24) is 9.88 Å². The number of aromatic amines is 1. The van der Waals surface area contributed by atoms with Gasteiger partial charge in [-0.3, -0.25) is 9.69 Å². The van der Waals surface area contributed by atoms with Crippen LogP contribution in [0.1, 0.15) is 24.2 Å². The van der Waals surface area contributed by atoms with E-state index in [0.29, 0.717) is 13.0 Å². The molecule has 1 aliphatic heterocycles. The average molecular weight is 302 g/mol. The van der Waals surface area contributed by atoms with Gasteiger partial charge in [-0.05, 0) is 35.6 Å². The number of pyridine rings is 1. The summed E-state index contributed by atoms with van der Waals surface area (Å²) in [6.45, 7) is 5.75. The largest absolute Gasteiger partial charge is 0.387 e. The van der Waals surface area contributed by atoms with Gasteiger partial charge in [0.05, 0.1) is 19.3 Å². The molecule has 1 atom stereocenters. The zero-order chi connectivity index (χ0) is 15.5. The van der Waals surface area contributed by atoms with E-state index in [2.05, 4.69) is 9.88 Å². The third-order valence-corrected chi connectivity index (χ3v) is 4.25. The fourth-order valence-corrected chi connectivity index (χ4v) is 2.87. The molecule has 0 saturated carbocycles. The minimum Gasteiger partial charge on any atom is -0.387 e. The van der Waals surface area contributed by atoms with Crippen molar-refractivity contribution in [3.63, 3.8) is 0 Å². The molecule has 5 nitrogen and oxygen atoms in total.